The van der Waals surface area contributed by atoms with Crippen molar-refractivity contribution in [1.82, 2.24) is 0 Å². The van der Waals surface area contributed by atoms with Crippen molar-refractivity contribution >= 4 is 5.97 Å². The van der Waals surface area contributed by atoms with E-state index < -0.39 is 23.7 Å². The summed E-state index contributed by atoms with van der Waals surface area (Å²) in [7, 11) is 0. The maximum atomic E-state index is 12.4. The molecule has 0 unspecified atom stereocenters. The number of hydrogen-bond acceptors (Lipinski definition) is 2. The van der Waals surface area contributed by atoms with Crippen molar-refractivity contribution in [2.75, 3.05) is 0 Å². The van der Waals surface area contributed by atoms with Crippen LogP contribution < -0.4 is 0 Å². The van der Waals surface area contributed by atoms with E-state index >= 15 is 0 Å². The fourth-order valence-corrected chi connectivity index (χ4v) is 1.49. The summed E-state index contributed by atoms with van der Waals surface area (Å²) in [4.78, 5) is 10.6. The zero-order chi connectivity index (χ0) is 11.0. The van der Waals surface area contributed by atoms with Gasteiger partial charge in [0.2, 0.25) is 0 Å². The molecule has 1 heterocycles. The Morgan fingerprint density at radius 2 is 2.27 bits per heavy atom. The van der Waals surface area contributed by atoms with Crippen LogP contribution in [-0.4, -0.2) is 11.1 Å². The van der Waals surface area contributed by atoms with Crippen molar-refractivity contribution in [3.05, 3.63) is 23.2 Å². The average Bonchev–Trinajstić information content (AvgIpc) is 2.81. The van der Waals surface area contributed by atoms with Gasteiger partial charge in [0.15, 0.2) is 5.76 Å². The van der Waals surface area contributed by atoms with Gasteiger partial charge in [-0.15, -0.1) is 0 Å². The van der Waals surface area contributed by atoms with E-state index in [0.717, 1.165) is 12.8 Å². The Labute approximate surface area is 84.7 Å². The highest BCUT2D eigenvalue weighted by molar-refractivity contribution is 5.89. The van der Waals surface area contributed by atoms with Gasteiger partial charge in [-0.1, -0.05) is 0 Å². The maximum absolute atomic E-state index is 12.4. The molecule has 15 heavy (non-hydrogen) atoms. The van der Waals surface area contributed by atoms with Crippen molar-refractivity contribution in [3.8, 4) is 0 Å². The zero-order valence-electron chi connectivity index (χ0n) is 7.87. The van der Waals surface area contributed by atoms with Crippen LogP contribution in [0.2, 0.25) is 0 Å². The molecule has 1 aromatic heterocycles. The fourth-order valence-electron chi connectivity index (χ4n) is 1.49. The molecule has 5 heteroatoms. The van der Waals surface area contributed by atoms with Crippen LogP contribution in [0.15, 0.2) is 10.5 Å². The van der Waals surface area contributed by atoms with Crippen molar-refractivity contribution < 1.29 is 23.1 Å². The third-order valence-corrected chi connectivity index (χ3v) is 2.43. The van der Waals surface area contributed by atoms with Crippen LogP contribution in [0.25, 0.3) is 0 Å². The first kappa shape index (κ1) is 10.1. The summed E-state index contributed by atoms with van der Waals surface area (Å²) in [5.74, 6) is -1.26. The molecule has 0 radical (unpaired) electrons. The molecular formula is C10H10F2O3. The number of carboxylic acids is 1. The van der Waals surface area contributed by atoms with E-state index in [1.54, 1.807) is 0 Å². The molecule has 0 amide bonds. The second kappa shape index (κ2) is 3.64. The predicted octanol–water partition coefficient (Wildman–Crippen LogP) is 2.87. The van der Waals surface area contributed by atoms with Crippen LogP contribution in [0, 0.1) is 5.92 Å². The summed E-state index contributed by atoms with van der Waals surface area (Å²) in [6, 6.07) is 1.21. The third-order valence-electron chi connectivity index (χ3n) is 2.43. The zero-order valence-corrected chi connectivity index (χ0v) is 7.87. The molecule has 0 aliphatic heterocycles. The summed E-state index contributed by atoms with van der Waals surface area (Å²) in [6.45, 7) is 0. The van der Waals surface area contributed by atoms with E-state index in [-0.39, 0.29) is 0 Å². The minimum absolute atomic E-state index is 0.352. The predicted molar refractivity (Wildman–Crippen MR) is 47.1 cm³/mol. The molecule has 82 valence electrons. The van der Waals surface area contributed by atoms with E-state index in [1.165, 1.54) is 6.07 Å². The molecular weight excluding hydrogens is 206 g/mol. The van der Waals surface area contributed by atoms with Crippen molar-refractivity contribution in [2.45, 2.75) is 25.7 Å². The minimum atomic E-state index is -2.87. The number of rotatable bonds is 4. The molecule has 1 fully saturated rings. The van der Waals surface area contributed by atoms with Gasteiger partial charge in [0.05, 0.1) is 0 Å². The summed E-state index contributed by atoms with van der Waals surface area (Å²) in [5, 5.41) is 8.68. The van der Waals surface area contributed by atoms with Crippen LogP contribution >= 0.6 is 0 Å². The number of alkyl halides is 2. The number of aromatic carboxylic acids is 1. The second-order valence-corrected chi connectivity index (χ2v) is 3.74. The Kier molecular flexibility index (Phi) is 2.46. The minimum Gasteiger partial charge on any atom is -0.478 e. The van der Waals surface area contributed by atoms with Crippen molar-refractivity contribution in [2.24, 2.45) is 5.92 Å². The van der Waals surface area contributed by atoms with Crippen molar-refractivity contribution in [1.29, 1.82) is 0 Å². The summed E-state index contributed by atoms with van der Waals surface area (Å²) in [6.07, 6.45) is -0.184. The first-order chi connectivity index (χ1) is 7.08. The number of halogens is 2. The van der Waals surface area contributed by atoms with Gasteiger partial charge in [-0.25, -0.2) is 13.6 Å². The Morgan fingerprint density at radius 1 is 1.60 bits per heavy atom. The van der Waals surface area contributed by atoms with Crippen LogP contribution in [0.1, 0.15) is 41.1 Å². The molecule has 3 nitrogen and oxygen atoms in total. The van der Waals surface area contributed by atoms with Gasteiger partial charge >= 0.3 is 5.97 Å². The fraction of sp³-hybridized carbons (Fsp3) is 0.500. The Morgan fingerprint density at radius 3 is 2.67 bits per heavy atom. The monoisotopic (exact) mass is 216 g/mol. The lowest BCUT2D eigenvalue weighted by molar-refractivity contribution is 0.0673. The average molecular weight is 216 g/mol. The van der Waals surface area contributed by atoms with Gasteiger partial charge in [0, 0.05) is 6.42 Å². The summed E-state index contributed by atoms with van der Waals surface area (Å²) < 4.78 is 29.7. The topological polar surface area (TPSA) is 50.4 Å². The molecule has 1 aromatic rings. The standard InChI is InChI=1S/C10H10F2O3/c11-9(12)8-7(10(13)14)4-6(15-8)3-5-1-2-5/h4-5,9H,1-3H2,(H,13,14). The second-order valence-electron chi connectivity index (χ2n) is 3.74. The van der Waals surface area contributed by atoms with E-state index in [2.05, 4.69) is 0 Å². The van der Waals surface area contributed by atoms with E-state index in [9.17, 15) is 13.6 Å². The number of furan rings is 1. The van der Waals surface area contributed by atoms with Gasteiger partial charge in [-0.3, -0.25) is 0 Å². The molecule has 0 bridgehead atoms. The normalized spacial score (nSPS) is 15.9. The van der Waals surface area contributed by atoms with Gasteiger partial charge < -0.3 is 9.52 Å². The molecule has 1 aliphatic carbocycles. The Hall–Kier alpha value is -1.39. The Bertz CT molecular complexity index is 380. The molecule has 0 spiro atoms. The molecule has 0 saturated heterocycles. The quantitative estimate of drug-likeness (QED) is 0.841. The maximum Gasteiger partial charge on any atom is 0.339 e. The van der Waals surface area contributed by atoms with Gasteiger partial charge in [-0.2, -0.15) is 0 Å². The summed E-state index contributed by atoms with van der Waals surface area (Å²) in [5.41, 5.74) is -0.416. The highest BCUT2D eigenvalue weighted by atomic mass is 19.3. The molecule has 1 aliphatic rings. The summed E-state index contributed by atoms with van der Waals surface area (Å²) >= 11 is 0. The lowest BCUT2D eigenvalue weighted by Crippen LogP contribution is -1.98. The lowest BCUT2D eigenvalue weighted by Gasteiger charge is -1.95. The van der Waals surface area contributed by atoms with Crippen LogP contribution in [0.3, 0.4) is 0 Å². The largest absolute Gasteiger partial charge is 0.478 e. The van der Waals surface area contributed by atoms with Crippen molar-refractivity contribution in [3.63, 3.8) is 0 Å². The Balaban J connectivity index is 2.25. The van der Waals surface area contributed by atoms with Crippen LogP contribution in [0.5, 0.6) is 0 Å². The van der Waals surface area contributed by atoms with E-state index in [4.69, 9.17) is 9.52 Å². The molecule has 1 saturated carbocycles. The smallest absolute Gasteiger partial charge is 0.339 e. The molecule has 0 atom stereocenters. The molecule has 1 N–H and O–H groups in total. The number of carbonyl (C=O) groups is 1. The molecule has 0 aromatic carbocycles. The lowest BCUT2D eigenvalue weighted by atomic mass is 10.2. The highest BCUT2D eigenvalue weighted by Gasteiger charge is 2.28. The SMILES string of the molecule is O=C(O)c1cc(CC2CC2)oc1C(F)F. The van der Waals surface area contributed by atoms with Gasteiger partial charge in [0.25, 0.3) is 6.43 Å². The highest BCUT2D eigenvalue weighted by Crippen LogP contribution is 2.35. The van der Waals surface area contributed by atoms with Gasteiger partial charge in [-0.05, 0) is 24.8 Å². The van der Waals surface area contributed by atoms with Crippen LogP contribution in [-0.2, 0) is 6.42 Å². The molecule has 2 rings (SSSR count). The first-order valence-electron chi connectivity index (χ1n) is 4.72. The number of carboxylic acid groups (broad SMARTS) is 1. The van der Waals surface area contributed by atoms with E-state index in [0.29, 0.717) is 18.1 Å². The van der Waals surface area contributed by atoms with Gasteiger partial charge in [0.1, 0.15) is 11.3 Å². The first-order valence-corrected chi connectivity index (χ1v) is 4.72. The number of hydrogen-bond donors (Lipinski definition) is 1. The third kappa shape index (κ3) is 2.16. The van der Waals surface area contributed by atoms with Crippen LogP contribution in [0.4, 0.5) is 8.78 Å². The van der Waals surface area contributed by atoms with E-state index in [1.807, 2.05) is 0 Å².